The molecule has 3 rings (SSSR count). The van der Waals surface area contributed by atoms with Crippen molar-refractivity contribution in [2.75, 3.05) is 0 Å². The van der Waals surface area contributed by atoms with Gasteiger partial charge in [-0.3, -0.25) is 4.79 Å². The molecule has 5 nitrogen and oxygen atoms in total. The van der Waals surface area contributed by atoms with Crippen LogP contribution in [-0.2, 0) is 4.79 Å². The summed E-state index contributed by atoms with van der Waals surface area (Å²) in [6.45, 7) is 0. The molecule has 0 saturated heterocycles. The van der Waals surface area contributed by atoms with E-state index in [1.165, 1.54) is 0 Å². The molecule has 15 heavy (non-hydrogen) atoms. The maximum absolute atomic E-state index is 10.7. The number of nitrogens with zero attached hydrogens (tertiary/aromatic N) is 2. The Hall–Kier alpha value is -1.91. The Balaban J connectivity index is 1.97. The highest BCUT2D eigenvalue weighted by Crippen LogP contribution is 2.46. The summed E-state index contributed by atoms with van der Waals surface area (Å²) in [5.41, 5.74) is 1.52. The van der Waals surface area contributed by atoms with Crippen LogP contribution in [0.15, 0.2) is 18.3 Å². The molecule has 2 aromatic heterocycles. The molecule has 5 heteroatoms. The van der Waals surface area contributed by atoms with Gasteiger partial charge in [-0.25, -0.2) is 9.97 Å². The Morgan fingerprint density at radius 2 is 2.47 bits per heavy atom. The van der Waals surface area contributed by atoms with Crippen LogP contribution in [0.3, 0.4) is 0 Å². The number of hydrogen-bond donors (Lipinski definition) is 2. The molecule has 1 aliphatic rings. The Morgan fingerprint density at radius 3 is 3.13 bits per heavy atom. The number of aromatic nitrogens is 3. The number of aliphatic carboxylic acids is 1. The topological polar surface area (TPSA) is 78.9 Å². The van der Waals surface area contributed by atoms with Gasteiger partial charge in [0.15, 0.2) is 5.65 Å². The Morgan fingerprint density at radius 1 is 1.60 bits per heavy atom. The second-order valence-corrected chi connectivity index (χ2v) is 3.78. The number of carboxylic acids is 1. The molecule has 2 N–H and O–H groups in total. The Bertz CT molecular complexity index is 501. The van der Waals surface area contributed by atoms with Crippen LogP contribution < -0.4 is 0 Å². The molecule has 0 aliphatic heterocycles. The second kappa shape index (κ2) is 2.79. The van der Waals surface area contributed by atoms with E-state index >= 15 is 0 Å². The van der Waals surface area contributed by atoms with Crippen LogP contribution in [-0.4, -0.2) is 26.0 Å². The molecule has 0 aromatic carbocycles. The average molecular weight is 203 g/mol. The van der Waals surface area contributed by atoms with Crippen molar-refractivity contribution in [3.8, 4) is 0 Å². The summed E-state index contributed by atoms with van der Waals surface area (Å²) in [7, 11) is 0. The number of nitrogens with one attached hydrogen (secondary N) is 1. The van der Waals surface area contributed by atoms with Crippen molar-refractivity contribution in [1.82, 2.24) is 15.0 Å². The van der Waals surface area contributed by atoms with E-state index in [0.717, 1.165) is 11.3 Å². The number of carbonyl (C=O) groups is 1. The van der Waals surface area contributed by atoms with Crippen molar-refractivity contribution < 1.29 is 9.90 Å². The largest absolute Gasteiger partial charge is 0.481 e. The Labute approximate surface area is 85.2 Å². The molecule has 2 heterocycles. The van der Waals surface area contributed by atoms with Gasteiger partial charge in [0.2, 0.25) is 0 Å². The number of rotatable bonds is 2. The monoisotopic (exact) mass is 203 g/mol. The second-order valence-electron chi connectivity index (χ2n) is 3.78. The van der Waals surface area contributed by atoms with E-state index < -0.39 is 5.97 Å². The first-order valence-corrected chi connectivity index (χ1v) is 4.79. The maximum Gasteiger partial charge on any atom is 0.307 e. The molecule has 0 unspecified atom stereocenters. The quantitative estimate of drug-likeness (QED) is 0.767. The predicted molar refractivity (Wildman–Crippen MR) is 52.4 cm³/mol. The first kappa shape index (κ1) is 8.40. The van der Waals surface area contributed by atoms with Crippen molar-refractivity contribution in [3.63, 3.8) is 0 Å². The Kier molecular flexibility index (Phi) is 1.56. The SMILES string of the molecule is O=C(O)[C@@H]1C[C@@H]1c1nc2ncccc2[nH]1. The number of hydrogen-bond acceptors (Lipinski definition) is 3. The minimum atomic E-state index is -0.742. The van der Waals surface area contributed by atoms with Crippen molar-refractivity contribution in [1.29, 1.82) is 0 Å². The predicted octanol–water partition coefficient (Wildman–Crippen LogP) is 1.15. The van der Waals surface area contributed by atoms with Crippen molar-refractivity contribution >= 4 is 17.1 Å². The average Bonchev–Trinajstić information content (AvgIpc) is 2.91. The van der Waals surface area contributed by atoms with E-state index in [9.17, 15) is 4.79 Å². The number of imidazole rings is 1. The molecule has 2 aromatic rings. The zero-order valence-electron chi connectivity index (χ0n) is 7.84. The van der Waals surface area contributed by atoms with Crippen LogP contribution in [0.5, 0.6) is 0 Å². The molecule has 1 aliphatic carbocycles. The highest BCUT2D eigenvalue weighted by molar-refractivity contribution is 5.76. The maximum atomic E-state index is 10.7. The number of aromatic amines is 1. The van der Waals surface area contributed by atoms with Gasteiger partial charge >= 0.3 is 5.97 Å². The molecule has 0 bridgehead atoms. The summed E-state index contributed by atoms with van der Waals surface area (Å²) < 4.78 is 0. The van der Waals surface area contributed by atoms with E-state index in [4.69, 9.17) is 5.11 Å². The molecule has 2 atom stereocenters. The van der Waals surface area contributed by atoms with Crippen LogP contribution in [0.25, 0.3) is 11.2 Å². The normalized spacial score (nSPS) is 24.3. The van der Waals surface area contributed by atoms with E-state index in [-0.39, 0.29) is 11.8 Å². The van der Waals surface area contributed by atoms with Gasteiger partial charge in [-0.1, -0.05) is 0 Å². The number of fused-ring (bicyclic) bond motifs is 1. The van der Waals surface area contributed by atoms with E-state index in [0.29, 0.717) is 12.1 Å². The lowest BCUT2D eigenvalue weighted by Crippen LogP contribution is -1.99. The summed E-state index contributed by atoms with van der Waals surface area (Å²) in [5, 5.41) is 8.80. The lowest BCUT2D eigenvalue weighted by Gasteiger charge is -1.89. The van der Waals surface area contributed by atoms with Crippen LogP contribution in [0.4, 0.5) is 0 Å². The molecule has 0 amide bonds. The molecule has 0 spiro atoms. The fourth-order valence-corrected chi connectivity index (χ4v) is 1.81. The molecular formula is C10H9N3O2. The van der Waals surface area contributed by atoms with Gasteiger partial charge in [-0.15, -0.1) is 0 Å². The standard InChI is InChI=1S/C10H9N3O2/c14-10(15)6-4-5(6)8-12-7-2-1-3-11-9(7)13-8/h1-3,5-6H,4H2,(H,14,15)(H,11,12,13)/t5-,6+/m0/s1. The van der Waals surface area contributed by atoms with E-state index in [1.54, 1.807) is 6.20 Å². The van der Waals surface area contributed by atoms with Gasteiger partial charge in [0, 0.05) is 12.1 Å². The first-order chi connectivity index (χ1) is 7.25. The highest BCUT2D eigenvalue weighted by atomic mass is 16.4. The summed E-state index contributed by atoms with van der Waals surface area (Å²) >= 11 is 0. The fraction of sp³-hybridized carbons (Fsp3) is 0.300. The lowest BCUT2D eigenvalue weighted by molar-refractivity contribution is -0.138. The summed E-state index contributed by atoms with van der Waals surface area (Å²) in [5.74, 6) is -0.230. The summed E-state index contributed by atoms with van der Waals surface area (Å²) in [4.78, 5) is 22.2. The minimum absolute atomic E-state index is 0.0386. The van der Waals surface area contributed by atoms with Crippen molar-refractivity contribution in [2.24, 2.45) is 5.92 Å². The molecule has 1 saturated carbocycles. The smallest absolute Gasteiger partial charge is 0.307 e. The van der Waals surface area contributed by atoms with Gasteiger partial charge < -0.3 is 10.1 Å². The van der Waals surface area contributed by atoms with Gasteiger partial charge in [0.25, 0.3) is 0 Å². The van der Waals surface area contributed by atoms with Crippen molar-refractivity contribution in [2.45, 2.75) is 12.3 Å². The van der Waals surface area contributed by atoms with E-state index in [1.807, 2.05) is 12.1 Å². The number of H-pyrrole nitrogens is 1. The summed E-state index contributed by atoms with van der Waals surface area (Å²) in [6, 6.07) is 3.71. The van der Waals surface area contributed by atoms with Gasteiger partial charge in [0.1, 0.15) is 5.82 Å². The molecule has 1 fully saturated rings. The van der Waals surface area contributed by atoms with Gasteiger partial charge in [0.05, 0.1) is 11.4 Å². The van der Waals surface area contributed by atoms with Crippen LogP contribution in [0.2, 0.25) is 0 Å². The minimum Gasteiger partial charge on any atom is -0.481 e. The molecule has 76 valence electrons. The van der Waals surface area contributed by atoms with Crippen molar-refractivity contribution in [3.05, 3.63) is 24.2 Å². The summed E-state index contributed by atoms with van der Waals surface area (Å²) in [6.07, 6.45) is 2.35. The third-order valence-electron chi connectivity index (χ3n) is 2.73. The van der Waals surface area contributed by atoms with Crippen LogP contribution in [0.1, 0.15) is 18.2 Å². The third-order valence-corrected chi connectivity index (χ3v) is 2.73. The molecular weight excluding hydrogens is 194 g/mol. The number of carboxylic acid groups (broad SMARTS) is 1. The first-order valence-electron chi connectivity index (χ1n) is 4.79. The fourth-order valence-electron chi connectivity index (χ4n) is 1.81. The molecule has 0 radical (unpaired) electrons. The highest BCUT2D eigenvalue weighted by Gasteiger charge is 2.46. The van der Waals surface area contributed by atoms with Crippen LogP contribution >= 0.6 is 0 Å². The zero-order chi connectivity index (χ0) is 10.4. The van der Waals surface area contributed by atoms with Gasteiger partial charge in [-0.2, -0.15) is 0 Å². The van der Waals surface area contributed by atoms with Crippen LogP contribution in [0, 0.1) is 5.92 Å². The van der Waals surface area contributed by atoms with E-state index in [2.05, 4.69) is 15.0 Å². The third kappa shape index (κ3) is 1.27. The zero-order valence-corrected chi connectivity index (χ0v) is 7.84. The number of pyridine rings is 1. The van der Waals surface area contributed by atoms with Gasteiger partial charge in [-0.05, 0) is 18.6 Å². The lowest BCUT2D eigenvalue weighted by atomic mass is 10.3.